The van der Waals surface area contributed by atoms with Crippen molar-refractivity contribution in [2.24, 2.45) is 5.41 Å². The van der Waals surface area contributed by atoms with Crippen LogP contribution in [-0.4, -0.2) is 20.0 Å². The van der Waals surface area contributed by atoms with Crippen LogP contribution in [0.15, 0.2) is 47.4 Å². The van der Waals surface area contributed by atoms with E-state index >= 15 is 0 Å². The molecule has 0 aliphatic carbocycles. The normalized spacial score (nSPS) is 12.4. The van der Waals surface area contributed by atoms with Crippen molar-refractivity contribution in [2.75, 3.05) is 5.75 Å². The Morgan fingerprint density at radius 2 is 1.66 bits per heavy atom. The molecule has 2 aromatic carbocycles. The molecule has 0 radical (unpaired) electrons. The van der Waals surface area contributed by atoms with Crippen molar-refractivity contribution in [2.45, 2.75) is 31.3 Å². The highest BCUT2D eigenvalue weighted by molar-refractivity contribution is 7.91. The van der Waals surface area contributed by atoms with E-state index in [1.54, 1.807) is 0 Å². The van der Waals surface area contributed by atoms with Crippen molar-refractivity contribution >= 4 is 15.6 Å². The van der Waals surface area contributed by atoms with Crippen molar-refractivity contribution in [3.63, 3.8) is 0 Å². The average molecular weight is 427 g/mol. The summed E-state index contributed by atoms with van der Waals surface area (Å²) in [4.78, 5) is 12.5. The molecule has 4 nitrogen and oxygen atoms in total. The van der Waals surface area contributed by atoms with Crippen molar-refractivity contribution < 1.29 is 30.8 Å². The van der Waals surface area contributed by atoms with Gasteiger partial charge in [0.05, 0.1) is 27.8 Å². The molecule has 154 valence electrons. The van der Waals surface area contributed by atoms with Gasteiger partial charge in [0.1, 0.15) is 11.6 Å². The topological polar surface area (TPSA) is 75.0 Å². The second-order valence-corrected chi connectivity index (χ2v) is 9.18. The van der Waals surface area contributed by atoms with Crippen LogP contribution in [0.5, 0.6) is 0 Å². The highest BCUT2D eigenvalue weighted by atomic mass is 32.2. The first-order valence-corrected chi connectivity index (χ1v) is 10.0. The molecule has 0 heterocycles. The first kappa shape index (κ1) is 22.6. The van der Waals surface area contributed by atoms with Crippen LogP contribution in [0.2, 0.25) is 0 Å². The van der Waals surface area contributed by atoms with E-state index in [1.807, 2.05) is 0 Å². The maximum Gasteiger partial charge on any atom is 0.417 e. The molecule has 0 aromatic heterocycles. The van der Waals surface area contributed by atoms with Gasteiger partial charge in [-0.05, 0) is 42.0 Å². The van der Waals surface area contributed by atoms with Crippen LogP contribution in [-0.2, 0) is 27.2 Å². The molecular weight excluding hydrogens is 410 g/mol. The summed E-state index contributed by atoms with van der Waals surface area (Å²) in [7, 11) is -3.92. The highest BCUT2D eigenvalue weighted by Crippen LogP contribution is 2.33. The number of hydrogen-bond donors (Lipinski definition) is 0. The maximum absolute atomic E-state index is 13.1. The maximum atomic E-state index is 13.1. The second-order valence-electron chi connectivity index (χ2n) is 7.19. The van der Waals surface area contributed by atoms with Gasteiger partial charge in [-0.1, -0.05) is 19.9 Å². The molecule has 0 fully saturated rings. The monoisotopic (exact) mass is 427 g/mol. The summed E-state index contributed by atoms with van der Waals surface area (Å²) in [6.45, 7) is 2.76. The van der Waals surface area contributed by atoms with Gasteiger partial charge in [0.15, 0.2) is 9.84 Å². The molecule has 0 aliphatic rings. The molecule has 0 atom stereocenters. The number of ketones is 1. The zero-order chi connectivity index (χ0) is 22.0. The van der Waals surface area contributed by atoms with E-state index < -0.39 is 56.3 Å². The second kappa shape index (κ2) is 7.95. The number of hydrogen-bond acceptors (Lipinski definition) is 4. The number of halogens is 4. The molecule has 0 spiro atoms. The molecular formula is C20H17F4NO3S. The third kappa shape index (κ3) is 5.41. The summed E-state index contributed by atoms with van der Waals surface area (Å²) in [5.74, 6) is -1.78. The van der Waals surface area contributed by atoms with Gasteiger partial charge in [0.2, 0.25) is 0 Å². The standard InChI is InChI=1S/C20H17F4NO3S/c1-19(2,12-29(27,28)16-7-5-15(21)6-8-16)18(26)10-13-3-4-14(11-25)17(9-13)20(22,23)24/h3-9H,10,12H2,1-2H3. The summed E-state index contributed by atoms with van der Waals surface area (Å²) < 4.78 is 77.3. The average Bonchev–Trinajstić information content (AvgIpc) is 2.60. The molecule has 2 aromatic rings. The molecule has 29 heavy (non-hydrogen) atoms. The number of carbonyl (C=O) groups excluding carboxylic acids is 1. The van der Waals surface area contributed by atoms with Crippen LogP contribution in [0.3, 0.4) is 0 Å². The number of alkyl halides is 3. The Kier molecular flexibility index (Phi) is 6.18. The summed E-state index contributed by atoms with van der Waals surface area (Å²) in [6.07, 6.45) is -5.19. The van der Waals surface area contributed by atoms with Crippen LogP contribution in [0.4, 0.5) is 17.6 Å². The summed E-state index contributed by atoms with van der Waals surface area (Å²) in [6, 6.07) is 8.53. The Balaban J connectivity index is 2.25. The van der Waals surface area contributed by atoms with Crippen molar-refractivity contribution in [1.29, 1.82) is 5.26 Å². The summed E-state index contributed by atoms with van der Waals surface area (Å²) >= 11 is 0. The third-order valence-corrected chi connectivity index (χ3v) is 6.45. The molecule has 0 saturated carbocycles. The minimum atomic E-state index is -4.76. The van der Waals surface area contributed by atoms with E-state index in [4.69, 9.17) is 5.26 Å². The predicted molar refractivity (Wildman–Crippen MR) is 97.1 cm³/mol. The Hall–Kier alpha value is -2.73. The quantitative estimate of drug-likeness (QED) is 0.508. The fourth-order valence-electron chi connectivity index (χ4n) is 2.74. The van der Waals surface area contributed by atoms with Crippen LogP contribution in [0.1, 0.15) is 30.5 Å². The van der Waals surface area contributed by atoms with Crippen LogP contribution in [0.25, 0.3) is 0 Å². The van der Waals surface area contributed by atoms with Crippen LogP contribution >= 0.6 is 0 Å². The highest BCUT2D eigenvalue weighted by Gasteiger charge is 2.36. The van der Waals surface area contributed by atoms with Crippen LogP contribution in [0, 0.1) is 22.6 Å². The Labute approximate surface area is 165 Å². The fraction of sp³-hybridized carbons (Fsp3) is 0.300. The van der Waals surface area contributed by atoms with Gasteiger partial charge in [-0.2, -0.15) is 18.4 Å². The molecule has 0 saturated heterocycles. The number of nitrogens with zero attached hydrogens (tertiary/aromatic N) is 1. The summed E-state index contributed by atoms with van der Waals surface area (Å²) in [5, 5.41) is 8.83. The first-order chi connectivity index (χ1) is 13.3. The minimum absolute atomic E-state index is 0.0218. The van der Waals surface area contributed by atoms with E-state index in [1.165, 1.54) is 26.0 Å². The minimum Gasteiger partial charge on any atom is -0.299 e. The third-order valence-electron chi connectivity index (χ3n) is 4.35. The van der Waals surface area contributed by atoms with Gasteiger partial charge in [-0.25, -0.2) is 12.8 Å². The zero-order valence-electron chi connectivity index (χ0n) is 15.5. The lowest BCUT2D eigenvalue weighted by Crippen LogP contribution is -2.33. The lowest BCUT2D eigenvalue weighted by molar-refractivity contribution is -0.138. The molecule has 0 amide bonds. The summed E-state index contributed by atoms with van der Waals surface area (Å²) in [5.41, 5.74) is -3.10. The number of nitriles is 1. The number of sulfone groups is 1. The largest absolute Gasteiger partial charge is 0.417 e. The predicted octanol–water partition coefficient (Wildman–Crippen LogP) is 4.33. The van der Waals surface area contributed by atoms with E-state index in [0.29, 0.717) is 0 Å². The van der Waals surface area contributed by atoms with Crippen LogP contribution < -0.4 is 0 Å². The molecule has 0 aliphatic heterocycles. The van der Waals surface area contributed by atoms with E-state index in [9.17, 15) is 30.8 Å². The fourth-order valence-corrected chi connectivity index (χ4v) is 4.57. The van der Waals surface area contributed by atoms with Gasteiger partial charge in [0, 0.05) is 11.8 Å². The van der Waals surface area contributed by atoms with Crippen molar-refractivity contribution in [3.05, 3.63) is 65.0 Å². The Morgan fingerprint density at radius 3 is 2.17 bits per heavy atom. The lowest BCUT2D eigenvalue weighted by atomic mass is 9.86. The Morgan fingerprint density at radius 1 is 1.07 bits per heavy atom. The molecule has 9 heteroatoms. The number of carbonyl (C=O) groups is 1. The lowest BCUT2D eigenvalue weighted by Gasteiger charge is -2.23. The smallest absolute Gasteiger partial charge is 0.299 e. The van der Waals surface area contributed by atoms with E-state index in [2.05, 4.69) is 0 Å². The van der Waals surface area contributed by atoms with Gasteiger partial charge in [0.25, 0.3) is 0 Å². The number of Topliss-reactive ketones (excluding diaryl/α,β-unsaturated/α-hetero) is 1. The molecule has 0 N–H and O–H groups in total. The first-order valence-electron chi connectivity index (χ1n) is 8.38. The van der Waals surface area contributed by atoms with E-state index in [-0.39, 0.29) is 10.5 Å². The van der Waals surface area contributed by atoms with E-state index in [0.717, 1.165) is 36.4 Å². The zero-order valence-corrected chi connectivity index (χ0v) is 16.4. The number of rotatable bonds is 6. The van der Waals surface area contributed by atoms with Crippen molar-refractivity contribution in [3.8, 4) is 6.07 Å². The number of benzene rings is 2. The van der Waals surface area contributed by atoms with Gasteiger partial charge >= 0.3 is 6.18 Å². The SMILES string of the molecule is CC(C)(CS(=O)(=O)c1ccc(F)cc1)C(=O)Cc1ccc(C#N)c(C(F)(F)F)c1. The molecule has 2 rings (SSSR count). The van der Waals surface area contributed by atoms with Gasteiger partial charge in [-0.15, -0.1) is 0 Å². The molecule has 0 bridgehead atoms. The van der Waals surface area contributed by atoms with Crippen molar-refractivity contribution in [1.82, 2.24) is 0 Å². The Bertz CT molecular complexity index is 1070. The van der Waals surface area contributed by atoms with Gasteiger partial charge < -0.3 is 0 Å². The van der Waals surface area contributed by atoms with Gasteiger partial charge in [-0.3, -0.25) is 4.79 Å². The molecule has 0 unspecified atom stereocenters.